The zero-order chi connectivity index (χ0) is 28.6. The van der Waals surface area contributed by atoms with Crippen LogP contribution >= 0.6 is 0 Å². The largest absolute Gasteiger partial charge is 0.507 e. The van der Waals surface area contributed by atoms with E-state index in [1.165, 1.54) is 12.0 Å². The maximum absolute atomic E-state index is 13.6. The average molecular weight is 541 g/mol. The van der Waals surface area contributed by atoms with Gasteiger partial charge >= 0.3 is 0 Å². The fraction of sp³-hybridized carbons (Fsp3) is 0.344. The molecule has 3 aromatic rings. The molecule has 0 spiro atoms. The Morgan fingerprint density at radius 3 is 2.25 bits per heavy atom. The Balaban J connectivity index is 1.62. The van der Waals surface area contributed by atoms with Crippen LogP contribution in [0.2, 0.25) is 0 Å². The summed E-state index contributed by atoms with van der Waals surface area (Å²) in [4.78, 5) is 37.5. The van der Waals surface area contributed by atoms with Gasteiger partial charge in [-0.15, -0.1) is 0 Å². The number of ketones is 1. The van der Waals surface area contributed by atoms with Crippen molar-refractivity contribution in [2.24, 2.45) is 0 Å². The molecule has 1 aromatic heterocycles. The van der Waals surface area contributed by atoms with Gasteiger partial charge in [0.1, 0.15) is 11.5 Å². The van der Waals surface area contributed by atoms with E-state index in [1.807, 2.05) is 42.5 Å². The van der Waals surface area contributed by atoms with Crippen LogP contribution in [0, 0.1) is 0 Å². The smallest absolute Gasteiger partial charge is 0.300 e. The normalized spacial score (nSPS) is 19.8. The van der Waals surface area contributed by atoms with Crippen LogP contribution in [0.1, 0.15) is 43.5 Å². The van der Waals surface area contributed by atoms with Crippen molar-refractivity contribution >= 4 is 28.8 Å². The molecule has 5 rings (SSSR count). The average Bonchev–Trinajstić information content (AvgIpc) is 3.22. The van der Waals surface area contributed by atoms with Crippen molar-refractivity contribution in [2.45, 2.75) is 32.2 Å². The first kappa shape index (κ1) is 27.4. The van der Waals surface area contributed by atoms with Crippen molar-refractivity contribution in [3.63, 3.8) is 0 Å². The number of likely N-dealkylation sites (N-methyl/N-ethyl adjacent to an activating group) is 1. The fourth-order valence-electron chi connectivity index (χ4n) is 5.35. The van der Waals surface area contributed by atoms with Crippen molar-refractivity contribution in [3.05, 3.63) is 89.3 Å². The number of hydrogen-bond donors (Lipinski definition) is 1. The highest BCUT2D eigenvalue weighted by Crippen LogP contribution is 2.44. The van der Waals surface area contributed by atoms with Crippen LogP contribution in [-0.2, 0) is 15.0 Å². The van der Waals surface area contributed by atoms with E-state index >= 15 is 0 Å². The molecule has 1 unspecified atom stereocenters. The number of aliphatic hydroxyl groups is 1. The summed E-state index contributed by atoms with van der Waals surface area (Å²) < 4.78 is 5.56. The second-order valence-corrected chi connectivity index (χ2v) is 11.4. The van der Waals surface area contributed by atoms with E-state index in [-0.39, 0.29) is 16.7 Å². The van der Waals surface area contributed by atoms with Gasteiger partial charge < -0.3 is 19.6 Å². The highest BCUT2D eigenvalue weighted by Gasteiger charge is 2.47. The highest BCUT2D eigenvalue weighted by molar-refractivity contribution is 6.51. The lowest BCUT2D eigenvalue weighted by Crippen LogP contribution is -2.44. The SMILES string of the molecule is COc1ccc(C(C)(C)C)cc1/C(O)=C1\C(=O)C(=O)N(c2ccc(N3CCN(C)CC3)cc2)C1c1cccnc1. The number of aromatic nitrogens is 1. The second-order valence-electron chi connectivity index (χ2n) is 11.4. The maximum Gasteiger partial charge on any atom is 0.300 e. The van der Waals surface area contributed by atoms with Gasteiger partial charge in [-0.2, -0.15) is 0 Å². The summed E-state index contributed by atoms with van der Waals surface area (Å²) in [5.41, 5.74) is 3.39. The van der Waals surface area contributed by atoms with Gasteiger partial charge in [-0.3, -0.25) is 19.5 Å². The number of aliphatic hydroxyl groups excluding tert-OH is 1. The summed E-state index contributed by atoms with van der Waals surface area (Å²) in [7, 11) is 3.63. The van der Waals surface area contributed by atoms with Crippen molar-refractivity contribution in [2.75, 3.05) is 50.1 Å². The van der Waals surface area contributed by atoms with Crippen LogP contribution < -0.4 is 14.5 Å². The van der Waals surface area contributed by atoms with Crippen molar-refractivity contribution in [1.82, 2.24) is 9.88 Å². The predicted octanol–water partition coefficient (Wildman–Crippen LogP) is 4.77. The lowest BCUT2D eigenvalue weighted by molar-refractivity contribution is -0.132. The Morgan fingerprint density at radius 2 is 1.65 bits per heavy atom. The number of amides is 1. The number of carbonyl (C=O) groups excluding carboxylic acids is 2. The van der Waals surface area contributed by atoms with E-state index in [9.17, 15) is 14.7 Å². The summed E-state index contributed by atoms with van der Waals surface area (Å²) in [6.07, 6.45) is 3.26. The molecule has 3 heterocycles. The number of rotatable bonds is 5. The molecule has 1 N–H and O–H groups in total. The van der Waals surface area contributed by atoms with Gasteiger partial charge in [0.2, 0.25) is 0 Å². The molecule has 2 fully saturated rings. The number of ether oxygens (including phenoxy) is 1. The van der Waals surface area contributed by atoms with Gasteiger partial charge in [0, 0.05) is 49.9 Å². The molecule has 8 nitrogen and oxygen atoms in total. The number of anilines is 2. The van der Waals surface area contributed by atoms with E-state index in [4.69, 9.17) is 4.74 Å². The molecule has 0 saturated carbocycles. The van der Waals surface area contributed by atoms with Gasteiger partial charge in [-0.25, -0.2) is 0 Å². The maximum atomic E-state index is 13.6. The zero-order valence-corrected chi connectivity index (χ0v) is 23.7. The molecule has 2 aromatic carbocycles. The summed E-state index contributed by atoms with van der Waals surface area (Å²) in [5, 5.41) is 11.7. The molecule has 0 aliphatic carbocycles. The van der Waals surface area contributed by atoms with Crippen LogP contribution in [0.5, 0.6) is 5.75 Å². The first-order chi connectivity index (χ1) is 19.1. The van der Waals surface area contributed by atoms with E-state index in [0.29, 0.717) is 22.6 Å². The van der Waals surface area contributed by atoms with Gasteiger partial charge in [-0.05, 0) is 66.1 Å². The standard InChI is InChI=1S/C32H36N4O4/c1-32(2,3)22-8-13-26(40-5)25(19-22)29(37)27-28(21-7-6-14-33-20-21)36(31(39)30(27)38)24-11-9-23(10-12-24)35-17-15-34(4)16-18-35/h6-14,19-20,28,37H,15-18H2,1-5H3/b29-27+. The monoisotopic (exact) mass is 540 g/mol. The lowest BCUT2D eigenvalue weighted by atomic mass is 9.85. The highest BCUT2D eigenvalue weighted by atomic mass is 16.5. The molecular weight excluding hydrogens is 504 g/mol. The molecule has 2 saturated heterocycles. The summed E-state index contributed by atoms with van der Waals surface area (Å²) in [6, 6.07) is 15.9. The van der Waals surface area contributed by atoms with E-state index in [0.717, 1.165) is 37.4 Å². The zero-order valence-electron chi connectivity index (χ0n) is 23.7. The van der Waals surface area contributed by atoms with Crippen molar-refractivity contribution in [3.8, 4) is 5.75 Å². The molecule has 0 bridgehead atoms. The first-order valence-corrected chi connectivity index (χ1v) is 13.5. The van der Waals surface area contributed by atoms with Gasteiger partial charge in [0.25, 0.3) is 11.7 Å². The Hall–Kier alpha value is -4.17. The number of Topliss-reactive ketones (excluding diaryl/α,β-unsaturated/α-hetero) is 1. The number of pyridine rings is 1. The minimum atomic E-state index is -0.855. The molecule has 208 valence electrons. The van der Waals surface area contributed by atoms with E-state index in [2.05, 4.69) is 42.6 Å². The first-order valence-electron chi connectivity index (χ1n) is 13.5. The van der Waals surface area contributed by atoms with E-state index in [1.54, 1.807) is 24.5 Å². The quantitative estimate of drug-likeness (QED) is 0.284. The molecule has 0 radical (unpaired) electrons. The number of piperazine rings is 1. The Labute approximate surface area is 235 Å². The van der Waals surface area contributed by atoms with Crippen LogP contribution in [0.4, 0.5) is 11.4 Å². The van der Waals surface area contributed by atoms with Gasteiger partial charge in [0.15, 0.2) is 0 Å². The minimum Gasteiger partial charge on any atom is -0.507 e. The molecular formula is C32H36N4O4. The predicted molar refractivity (Wildman–Crippen MR) is 157 cm³/mol. The van der Waals surface area contributed by atoms with Gasteiger partial charge in [0.05, 0.1) is 24.3 Å². The molecule has 2 aliphatic rings. The fourth-order valence-corrected chi connectivity index (χ4v) is 5.35. The Kier molecular flexibility index (Phi) is 7.38. The molecule has 40 heavy (non-hydrogen) atoms. The van der Waals surface area contributed by atoms with Gasteiger partial charge in [-0.1, -0.05) is 32.9 Å². The molecule has 8 heteroatoms. The van der Waals surface area contributed by atoms with Crippen LogP contribution in [-0.4, -0.2) is 67.0 Å². The second kappa shape index (κ2) is 10.8. The minimum absolute atomic E-state index is 0.00510. The van der Waals surface area contributed by atoms with Crippen LogP contribution in [0.25, 0.3) is 5.76 Å². The summed E-state index contributed by atoms with van der Waals surface area (Å²) in [6.45, 7) is 10.0. The number of carbonyl (C=O) groups is 2. The van der Waals surface area contributed by atoms with Crippen LogP contribution in [0.15, 0.2) is 72.6 Å². The van der Waals surface area contributed by atoms with Crippen LogP contribution in [0.3, 0.4) is 0 Å². The topological polar surface area (TPSA) is 86.2 Å². The number of hydrogen-bond acceptors (Lipinski definition) is 7. The lowest BCUT2D eigenvalue weighted by Gasteiger charge is -2.34. The number of nitrogens with zero attached hydrogens (tertiary/aromatic N) is 4. The molecule has 1 atom stereocenters. The van der Waals surface area contributed by atoms with E-state index < -0.39 is 17.7 Å². The Bertz CT molecular complexity index is 1440. The number of methoxy groups -OCH3 is 1. The van der Waals surface area contributed by atoms with Crippen molar-refractivity contribution < 1.29 is 19.4 Å². The molecule has 2 aliphatic heterocycles. The third kappa shape index (κ3) is 5.07. The van der Waals surface area contributed by atoms with Crippen molar-refractivity contribution in [1.29, 1.82) is 0 Å². The third-order valence-electron chi connectivity index (χ3n) is 7.76. The Morgan fingerprint density at radius 1 is 0.975 bits per heavy atom. The third-order valence-corrected chi connectivity index (χ3v) is 7.76. The number of benzene rings is 2. The summed E-state index contributed by atoms with van der Waals surface area (Å²) in [5.74, 6) is -1.31. The summed E-state index contributed by atoms with van der Waals surface area (Å²) >= 11 is 0. The molecule has 1 amide bonds.